The highest BCUT2D eigenvalue weighted by atomic mass is 32.2. The van der Waals surface area contributed by atoms with Gasteiger partial charge in [-0.2, -0.15) is 0 Å². The van der Waals surface area contributed by atoms with Crippen molar-refractivity contribution >= 4 is 17.7 Å². The fourth-order valence-corrected chi connectivity index (χ4v) is 4.28. The van der Waals surface area contributed by atoms with Crippen molar-refractivity contribution in [3.63, 3.8) is 0 Å². The van der Waals surface area contributed by atoms with Crippen LogP contribution in [0.2, 0.25) is 0 Å². The maximum atomic E-state index is 12.5. The molecule has 1 heterocycles. The highest BCUT2D eigenvalue weighted by Gasteiger charge is 2.34. The third kappa shape index (κ3) is 4.61. The van der Waals surface area contributed by atoms with Gasteiger partial charge in [0.15, 0.2) is 0 Å². The van der Waals surface area contributed by atoms with Crippen LogP contribution < -0.4 is 10.1 Å². The molecule has 2 aromatic carbocycles. The molecule has 3 rings (SSSR count). The van der Waals surface area contributed by atoms with Crippen LogP contribution in [0.4, 0.5) is 0 Å². The summed E-state index contributed by atoms with van der Waals surface area (Å²) in [6.45, 7) is 8.32. The Labute approximate surface area is 160 Å². The summed E-state index contributed by atoms with van der Waals surface area (Å²) in [6, 6.07) is 14.5. The van der Waals surface area contributed by atoms with E-state index in [-0.39, 0.29) is 17.6 Å². The van der Waals surface area contributed by atoms with Crippen molar-refractivity contribution in [2.45, 2.75) is 51.5 Å². The normalized spacial score (nSPS) is 17.9. The lowest BCUT2D eigenvalue weighted by atomic mass is 9.89. The first-order chi connectivity index (χ1) is 12.3. The van der Waals surface area contributed by atoms with Crippen molar-refractivity contribution in [1.29, 1.82) is 0 Å². The van der Waals surface area contributed by atoms with Crippen LogP contribution in [0.1, 0.15) is 48.6 Å². The van der Waals surface area contributed by atoms with Crippen molar-refractivity contribution in [2.24, 2.45) is 0 Å². The Hall–Kier alpha value is -1.94. The van der Waals surface area contributed by atoms with E-state index in [1.165, 1.54) is 16.7 Å². The molecule has 138 valence electrons. The summed E-state index contributed by atoms with van der Waals surface area (Å²) in [7, 11) is 0. The molecule has 4 heteroatoms. The summed E-state index contributed by atoms with van der Waals surface area (Å²) in [5.41, 5.74) is 4.55. The van der Waals surface area contributed by atoms with Gasteiger partial charge in [-0.3, -0.25) is 4.79 Å². The second-order valence-electron chi connectivity index (χ2n) is 7.65. The van der Waals surface area contributed by atoms with E-state index in [9.17, 15) is 4.79 Å². The maximum Gasteiger partial charge on any atom is 0.230 e. The first-order valence-electron chi connectivity index (χ1n) is 9.05. The van der Waals surface area contributed by atoms with E-state index < -0.39 is 0 Å². The van der Waals surface area contributed by atoms with E-state index in [0.717, 1.165) is 23.5 Å². The Morgan fingerprint density at radius 2 is 2.00 bits per heavy atom. The minimum atomic E-state index is -0.283. The summed E-state index contributed by atoms with van der Waals surface area (Å²) < 4.78 is 6.08. The van der Waals surface area contributed by atoms with Gasteiger partial charge >= 0.3 is 0 Å². The molecule has 0 aliphatic carbocycles. The molecular formula is C22H27NO2S. The summed E-state index contributed by atoms with van der Waals surface area (Å²) >= 11 is 1.66. The van der Waals surface area contributed by atoms with Crippen LogP contribution in [0.15, 0.2) is 42.5 Å². The van der Waals surface area contributed by atoms with Gasteiger partial charge in [0.2, 0.25) is 5.91 Å². The number of benzene rings is 2. The second kappa shape index (κ2) is 7.75. The lowest BCUT2D eigenvalue weighted by Crippen LogP contribution is -2.41. The van der Waals surface area contributed by atoms with Gasteiger partial charge in [-0.1, -0.05) is 42.0 Å². The van der Waals surface area contributed by atoms with Crippen molar-refractivity contribution < 1.29 is 9.53 Å². The van der Waals surface area contributed by atoms with Gasteiger partial charge in [0, 0.05) is 17.7 Å². The van der Waals surface area contributed by atoms with E-state index in [4.69, 9.17) is 4.74 Å². The number of thioether (sulfide) groups is 1. The van der Waals surface area contributed by atoms with Crippen LogP contribution in [0, 0.1) is 13.8 Å². The fraction of sp³-hybridized carbons (Fsp3) is 0.409. The fourth-order valence-electron chi connectivity index (χ4n) is 3.36. The zero-order chi connectivity index (χ0) is 18.7. The molecule has 0 saturated heterocycles. The van der Waals surface area contributed by atoms with Crippen LogP contribution in [0.25, 0.3) is 0 Å². The first kappa shape index (κ1) is 18.8. The van der Waals surface area contributed by atoms with Gasteiger partial charge in [0.1, 0.15) is 11.4 Å². The minimum Gasteiger partial charge on any atom is -0.487 e. The quantitative estimate of drug-likeness (QED) is 0.810. The third-order valence-electron chi connectivity index (χ3n) is 4.71. The highest BCUT2D eigenvalue weighted by molar-refractivity contribution is 7.99. The molecule has 0 radical (unpaired) electrons. The number of hydrogen-bond acceptors (Lipinski definition) is 3. The average Bonchev–Trinajstić information content (AvgIpc) is 2.56. The molecule has 1 aliphatic rings. The number of fused-ring (bicyclic) bond motifs is 1. The maximum absolute atomic E-state index is 12.5. The number of carbonyl (C=O) groups excluding carboxylic acids is 1. The molecule has 0 fully saturated rings. The number of aryl methyl sites for hydroxylation is 2. The SMILES string of the molecule is Cc1ccc2c(c1)[C@@H](NC(=O)CSCc1ccccc1C)CC(C)(C)O2. The Morgan fingerprint density at radius 1 is 1.23 bits per heavy atom. The summed E-state index contributed by atoms with van der Waals surface area (Å²) in [5, 5.41) is 3.22. The van der Waals surface area contributed by atoms with E-state index in [1.54, 1.807) is 11.8 Å². The zero-order valence-electron chi connectivity index (χ0n) is 16.0. The molecule has 0 aromatic heterocycles. The molecule has 2 aromatic rings. The van der Waals surface area contributed by atoms with E-state index in [0.29, 0.717) is 5.75 Å². The van der Waals surface area contributed by atoms with Crippen LogP contribution in [0.3, 0.4) is 0 Å². The molecule has 0 bridgehead atoms. The van der Waals surface area contributed by atoms with E-state index >= 15 is 0 Å². The second-order valence-corrected chi connectivity index (χ2v) is 8.63. The van der Waals surface area contributed by atoms with Crippen LogP contribution in [-0.4, -0.2) is 17.3 Å². The van der Waals surface area contributed by atoms with Gasteiger partial charge in [0.25, 0.3) is 0 Å². The van der Waals surface area contributed by atoms with Gasteiger partial charge in [-0.15, -0.1) is 11.8 Å². The summed E-state index contributed by atoms with van der Waals surface area (Å²) in [4.78, 5) is 12.5. The zero-order valence-corrected chi connectivity index (χ0v) is 16.8. The predicted molar refractivity (Wildman–Crippen MR) is 109 cm³/mol. The Kier molecular flexibility index (Phi) is 5.61. The summed E-state index contributed by atoms with van der Waals surface area (Å²) in [6.07, 6.45) is 0.775. The molecular weight excluding hydrogens is 342 g/mol. The van der Waals surface area contributed by atoms with Crippen molar-refractivity contribution in [3.05, 3.63) is 64.7 Å². The van der Waals surface area contributed by atoms with Crippen LogP contribution in [0.5, 0.6) is 5.75 Å². The minimum absolute atomic E-state index is 0.000196. The predicted octanol–water partition coefficient (Wildman–Crippen LogP) is 4.96. The monoisotopic (exact) mass is 369 g/mol. The van der Waals surface area contributed by atoms with Gasteiger partial charge in [-0.05, 0) is 44.9 Å². The molecule has 0 spiro atoms. The molecule has 1 atom stereocenters. The first-order valence-corrected chi connectivity index (χ1v) is 10.2. The Morgan fingerprint density at radius 3 is 2.77 bits per heavy atom. The average molecular weight is 370 g/mol. The van der Waals surface area contributed by atoms with Crippen molar-refractivity contribution in [2.75, 3.05) is 5.75 Å². The molecule has 1 amide bonds. The topological polar surface area (TPSA) is 38.3 Å². The highest BCUT2D eigenvalue weighted by Crippen LogP contribution is 2.39. The van der Waals surface area contributed by atoms with Crippen molar-refractivity contribution in [3.8, 4) is 5.75 Å². The molecule has 1 N–H and O–H groups in total. The Balaban J connectivity index is 1.62. The smallest absolute Gasteiger partial charge is 0.230 e. The number of amides is 1. The standard InChI is InChI=1S/C22H27NO2S/c1-15-9-10-20-18(11-15)19(12-22(3,4)25-20)23-21(24)14-26-13-17-8-6-5-7-16(17)2/h5-11,19H,12-14H2,1-4H3,(H,23,24)/t19-/m0/s1. The van der Waals surface area contributed by atoms with Crippen LogP contribution >= 0.6 is 11.8 Å². The Bertz CT molecular complexity index is 800. The number of carbonyl (C=O) groups is 1. The lowest BCUT2D eigenvalue weighted by molar-refractivity contribution is -0.119. The lowest BCUT2D eigenvalue weighted by Gasteiger charge is -2.38. The number of hydrogen-bond donors (Lipinski definition) is 1. The number of ether oxygens (including phenoxy) is 1. The van der Waals surface area contributed by atoms with Crippen LogP contribution in [-0.2, 0) is 10.5 Å². The largest absolute Gasteiger partial charge is 0.487 e. The number of nitrogens with one attached hydrogen (secondary N) is 1. The van der Waals surface area contributed by atoms with Gasteiger partial charge < -0.3 is 10.1 Å². The third-order valence-corrected chi connectivity index (χ3v) is 5.69. The summed E-state index contributed by atoms with van der Waals surface area (Å²) in [5.74, 6) is 2.28. The molecule has 26 heavy (non-hydrogen) atoms. The van der Waals surface area contributed by atoms with Gasteiger partial charge in [0.05, 0.1) is 11.8 Å². The molecule has 0 unspecified atom stereocenters. The van der Waals surface area contributed by atoms with E-state index in [1.807, 2.05) is 18.2 Å². The molecule has 1 aliphatic heterocycles. The van der Waals surface area contributed by atoms with Crippen molar-refractivity contribution in [1.82, 2.24) is 5.32 Å². The number of rotatable bonds is 5. The van der Waals surface area contributed by atoms with Gasteiger partial charge in [-0.25, -0.2) is 0 Å². The molecule has 0 saturated carbocycles. The van der Waals surface area contributed by atoms with E-state index in [2.05, 4.69) is 57.3 Å². The molecule has 3 nitrogen and oxygen atoms in total.